The molecule has 0 saturated carbocycles. The lowest BCUT2D eigenvalue weighted by Gasteiger charge is -2.45. The van der Waals surface area contributed by atoms with Crippen LogP contribution < -0.4 is 0 Å². The molecule has 0 radical (unpaired) electrons. The summed E-state index contributed by atoms with van der Waals surface area (Å²) in [5.74, 6) is 0.165. The van der Waals surface area contributed by atoms with Crippen molar-refractivity contribution in [3.8, 4) is 0 Å². The molecule has 0 unspecified atom stereocenters. The fourth-order valence-electron chi connectivity index (χ4n) is 1.93. The van der Waals surface area contributed by atoms with Crippen LogP contribution in [0.2, 0.25) is 0 Å². The molecular formula is C11H22N2O2. The summed E-state index contributed by atoms with van der Waals surface area (Å²) in [7, 11) is 3.69. The van der Waals surface area contributed by atoms with Gasteiger partial charge < -0.3 is 4.74 Å². The molecule has 0 aliphatic carbocycles. The molecule has 0 aromatic rings. The van der Waals surface area contributed by atoms with Gasteiger partial charge in [0.05, 0.1) is 6.54 Å². The lowest BCUT2D eigenvalue weighted by molar-refractivity contribution is -0.124. The van der Waals surface area contributed by atoms with Crippen molar-refractivity contribution in [1.82, 2.24) is 9.80 Å². The molecule has 0 N–H and O–H groups in total. The van der Waals surface area contributed by atoms with Crippen LogP contribution in [0.3, 0.4) is 0 Å². The Hall–Kier alpha value is -0.450. The predicted octanol–water partition coefficient (Wildman–Crippen LogP) is 0.228. The first kappa shape index (κ1) is 12.6. The van der Waals surface area contributed by atoms with E-state index in [4.69, 9.17) is 4.74 Å². The Morgan fingerprint density at radius 1 is 1.40 bits per heavy atom. The van der Waals surface area contributed by atoms with E-state index in [1.54, 1.807) is 7.11 Å². The van der Waals surface area contributed by atoms with E-state index in [9.17, 15) is 4.79 Å². The minimum Gasteiger partial charge on any atom is -0.377 e. The summed E-state index contributed by atoms with van der Waals surface area (Å²) in [6.45, 7) is 8.10. The second-order valence-corrected chi connectivity index (χ2v) is 4.92. The van der Waals surface area contributed by atoms with Crippen molar-refractivity contribution in [2.45, 2.75) is 19.4 Å². The Morgan fingerprint density at radius 2 is 2.07 bits per heavy atom. The van der Waals surface area contributed by atoms with Crippen LogP contribution in [0.15, 0.2) is 0 Å². The highest BCUT2D eigenvalue weighted by molar-refractivity contribution is 5.81. The minimum absolute atomic E-state index is 0.158. The van der Waals surface area contributed by atoms with Crippen LogP contribution in [-0.2, 0) is 9.53 Å². The maximum atomic E-state index is 11.4. The Kier molecular flexibility index (Phi) is 4.25. The highest BCUT2D eigenvalue weighted by Gasteiger charge is 2.31. The number of ether oxygens (including phenoxy) is 1. The van der Waals surface area contributed by atoms with Crippen molar-refractivity contribution in [1.29, 1.82) is 0 Å². The Bertz CT molecular complexity index is 229. The maximum Gasteiger partial charge on any atom is 0.172 e. The van der Waals surface area contributed by atoms with Gasteiger partial charge in [-0.15, -0.1) is 0 Å². The van der Waals surface area contributed by atoms with Crippen molar-refractivity contribution in [2.75, 3.05) is 46.9 Å². The molecule has 1 fully saturated rings. The monoisotopic (exact) mass is 214 g/mol. The standard InChI is InChI=1S/C11H22N2O2/c1-11(2)9-13(6-5-12(11)3)7-10(14)8-15-4/h5-9H2,1-4H3. The van der Waals surface area contributed by atoms with E-state index in [1.165, 1.54) is 0 Å². The summed E-state index contributed by atoms with van der Waals surface area (Å²) in [5.41, 5.74) is 0.158. The Labute approximate surface area is 92.2 Å². The molecule has 0 aromatic heterocycles. The van der Waals surface area contributed by atoms with E-state index >= 15 is 0 Å². The summed E-state index contributed by atoms with van der Waals surface area (Å²) < 4.78 is 4.83. The van der Waals surface area contributed by atoms with Gasteiger partial charge in [-0.05, 0) is 20.9 Å². The van der Waals surface area contributed by atoms with E-state index in [0.717, 1.165) is 19.6 Å². The first-order valence-electron chi connectivity index (χ1n) is 5.40. The van der Waals surface area contributed by atoms with Crippen molar-refractivity contribution in [3.05, 3.63) is 0 Å². The molecule has 88 valence electrons. The Morgan fingerprint density at radius 3 is 2.60 bits per heavy atom. The summed E-state index contributed by atoms with van der Waals surface area (Å²) in [6, 6.07) is 0. The number of nitrogens with zero attached hydrogens (tertiary/aromatic N) is 2. The van der Waals surface area contributed by atoms with Crippen LogP contribution in [0.4, 0.5) is 0 Å². The van der Waals surface area contributed by atoms with Crippen molar-refractivity contribution in [2.24, 2.45) is 0 Å². The minimum atomic E-state index is 0.158. The molecule has 0 amide bonds. The third kappa shape index (κ3) is 3.55. The number of carbonyl (C=O) groups excluding carboxylic acids is 1. The molecule has 1 rings (SSSR count). The number of likely N-dealkylation sites (N-methyl/N-ethyl adjacent to an activating group) is 1. The molecule has 4 nitrogen and oxygen atoms in total. The fourth-order valence-corrected chi connectivity index (χ4v) is 1.93. The maximum absolute atomic E-state index is 11.4. The molecule has 0 atom stereocenters. The van der Waals surface area contributed by atoms with Gasteiger partial charge >= 0.3 is 0 Å². The van der Waals surface area contributed by atoms with Crippen LogP contribution in [0, 0.1) is 0 Å². The van der Waals surface area contributed by atoms with E-state index in [0.29, 0.717) is 6.54 Å². The predicted molar refractivity (Wildman–Crippen MR) is 60.0 cm³/mol. The molecule has 1 heterocycles. The normalized spacial score (nSPS) is 22.9. The number of piperazine rings is 1. The zero-order chi connectivity index (χ0) is 11.5. The van der Waals surface area contributed by atoms with Crippen LogP contribution >= 0.6 is 0 Å². The average Bonchev–Trinajstić information content (AvgIpc) is 2.11. The van der Waals surface area contributed by atoms with Crippen molar-refractivity contribution in [3.63, 3.8) is 0 Å². The topological polar surface area (TPSA) is 32.8 Å². The number of Topliss-reactive ketones (excluding diaryl/α,β-unsaturated/α-hetero) is 1. The number of hydrogen-bond acceptors (Lipinski definition) is 4. The second-order valence-electron chi connectivity index (χ2n) is 4.92. The van der Waals surface area contributed by atoms with E-state index < -0.39 is 0 Å². The molecule has 1 aliphatic rings. The summed E-state index contributed by atoms with van der Waals surface area (Å²) >= 11 is 0. The van der Waals surface area contributed by atoms with Crippen LogP contribution in [0.25, 0.3) is 0 Å². The van der Waals surface area contributed by atoms with Gasteiger partial charge in [0.1, 0.15) is 6.61 Å². The molecule has 1 saturated heterocycles. The Balaban J connectivity index is 2.42. The molecule has 1 aliphatic heterocycles. The third-order valence-electron chi connectivity index (χ3n) is 3.10. The summed E-state index contributed by atoms with van der Waals surface area (Å²) in [4.78, 5) is 16.0. The molecular weight excluding hydrogens is 192 g/mol. The molecule has 15 heavy (non-hydrogen) atoms. The van der Waals surface area contributed by atoms with Gasteiger partial charge in [0.15, 0.2) is 5.78 Å². The van der Waals surface area contributed by atoms with Gasteiger partial charge in [0, 0.05) is 32.3 Å². The van der Waals surface area contributed by atoms with Gasteiger partial charge in [-0.1, -0.05) is 0 Å². The number of methoxy groups -OCH3 is 1. The van der Waals surface area contributed by atoms with Crippen molar-refractivity contribution >= 4 is 5.78 Å². The smallest absolute Gasteiger partial charge is 0.172 e. The SMILES string of the molecule is COCC(=O)CN1CCN(C)C(C)(C)C1. The number of rotatable bonds is 4. The number of ketones is 1. The van der Waals surface area contributed by atoms with Crippen LogP contribution in [0.5, 0.6) is 0 Å². The summed E-state index contributed by atoms with van der Waals surface area (Å²) in [5, 5.41) is 0. The zero-order valence-electron chi connectivity index (χ0n) is 10.2. The lowest BCUT2D eigenvalue weighted by Crippen LogP contribution is -2.58. The molecule has 0 spiro atoms. The number of carbonyl (C=O) groups is 1. The van der Waals surface area contributed by atoms with Gasteiger partial charge in [0.25, 0.3) is 0 Å². The molecule has 4 heteroatoms. The first-order valence-corrected chi connectivity index (χ1v) is 5.40. The zero-order valence-corrected chi connectivity index (χ0v) is 10.2. The average molecular weight is 214 g/mol. The van der Waals surface area contributed by atoms with E-state index in [2.05, 4.69) is 30.7 Å². The largest absolute Gasteiger partial charge is 0.377 e. The highest BCUT2D eigenvalue weighted by atomic mass is 16.5. The fraction of sp³-hybridized carbons (Fsp3) is 0.909. The first-order chi connectivity index (χ1) is 6.95. The van der Waals surface area contributed by atoms with Crippen LogP contribution in [-0.4, -0.2) is 68.1 Å². The molecule has 0 bridgehead atoms. The molecule has 0 aromatic carbocycles. The lowest BCUT2D eigenvalue weighted by atomic mass is 9.99. The van der Waals surface area contributed by atoms with Gasteiger partial charge in [-0.25, -0.2) is 0 Å². The quantitative estimate of drug-likeness (QED) is 0.670. The van der Waals surface area contributed by atoms with E-state index in [1.807, 2.05) is 0 Å². The van der Waals surface area contributed by atoms with Gasteiger partial charge in [-0.2, -0.15) is 0 Å². The summed E-state index contributed by atoms with van der Waals surface area (Å²) in [6.07, 6.45) is 0. The van der Waals surface area contributed by atoms with Crippen molar-refractivity contribution < 1.29 is 9.53 Å². The third-order valence-corrected chi connectivity index (χ3v) is 3.10. The van der Waals surface area contributed by atoms with Gasteiger partial charge in [0.2, 0.25) is 0 Å². The second kappa shape index (κ2) is 5.05. The highest BCUT2D eigenvalue weighted by Crippen LogP contribution is 2.18. The number of hydrogen-bond donors (Lipinski definition) is 0. The van der Waals surface area contributed by atoms with Crippen LogP contribution in [0.1, 0.15) is 13.8 Å². The van der Waals surface area contributed by atoms with Gasteiger partial charge in [-0.3, -0.25) is 14.6 Å². The van der Waals surface area contributed by atoms with E-state index in [-0.39, 0.29) is 17.9 Å².